The van der Waals surface area contributed by atoms with Crippen molar-refractivity contribution >= 4 is 6.08 Å². The van der Waals surface area contributed by atoms with Gasteiger partial charge in [0.25, 0.3) is 0 Å². The van der Waals surface area contributed by atoms with Crippen LogP contribution in [0.2, 0.25) is 0 Å². The zero-order chi connectivity index (χ0) is 19.7. The quantitative estimate of drug-likeness (QED) is 0.651. The van der Waals surface area contributed by atoms with Crippen molar-refractivity contribution in [3.63, 3.8) is 0 Å². The number of aliphatic hydroxyl groups excluding tert-OH is 2. The molecule has 5 rings (SSSR count). The highest BCUT2D eigenvalue weighted by Gasteiger charge is 2.59. The second-order valence-electron chi connectivity index (χ2n) is 10.5. The Morgan fingerprint density at radius 2 is 1.89 bits per heavy atom. The van der Waals surface area contributed by atoms with Gasteiger partial charge < -0.3 is 14.6 Å². The highest BCUT2D eigenvalue weighted by molar-refractivity contribution is 5.51. The molecule has 3 saturated carbocycles. The molecule has 28 heavy (non-hydrogen) atoms. The first-order valence-electron chi connectivity index (χ1n) is 11.1. The third kappa shape index (κ3) is 2.62. The van der Waals surface area contributed by atoms with Crippen LogP contribution >= 0.6 is 0 Å². The number of allylic oxidation sites excluding steroid dienone is 1. The third-order valence-corrected chi connectivity index (χ3v) is 9.04. The average molecular weight is 383 g/mol. The van der Waals surface area contributed by atoms with Crippen LogP contribution in [-0.2, 0) is 0 Å². The van der Waals surface area contributed by atoms with Crippen LogP contribution in [-0.4, -0.2) is 22.4 Å². The second kappa shape index (κ2) is 6.34. The Kier molecular flexibility index (Phi) is 4.23. The van der Waals surface area contributed by atoms with Crippen LogP contribution in [0.15, 0.2) is 33.8 Å². The summed E-state index contributed by atoms with van der Waals surface area (Å²) in [6.45, 7) is 6.74. The molecule has 0 radical (unpaired) electrons. The predicted molar refractivity (Wildman–Crippen MR) is 111 cm³/mol. The van der Waals surface area contributed by atoms with E-state index in [1.54, 1.807) is 0 Å². The average Bonchev–Trinajstić information content (AvgIpc) is 3.18. The molecule has 4 aliphatic rings. The molecule has 0 aromatic carbocycles. The van der Waals surface area contributed by atoms with E-state index in [0.29, 0.717) is 17.8 Å². The molecule has 3 fully saturated rings. The SMILES string of the molecule is Cc1ccc(/C=C2/CC3C4CC=C5CC(O)CCC5(C)C4CCC3(C)C2O)o1. The van der Waals surface area contributed by atoms with Gasteiger partial charge in [0.15, 0.2) is 0 Å². The van der Waals surface area contributed by atoms with Gasteiger partial charge in [-0.1, -0.05) is 25.5 Å². The zero-order valence-corrected chi connectivity index (χ0v) is 17.4. The molecule has 0 spiro atoms. The van der Waals surface area contributed by atoms with Crippen LogP contribution in [0.3, 0.4) is 0 Å². The summed E-state index contributed by atoms with van der Waals surface area (Å²) in [4.78, 5) is 0. The van der Waals surface area contributed by atoms with Crippen LogP contribution in [0, 0.1) is 35.5 Å². The molecule has 0 saturated heterocycles. The Balaban J connectivity index is 1.47. The smallest absolute Gasteiger partial charge is 0.127 e. The molecule has 7 atom stereocenters. The molecule has 3 nitrogen and oxygen atoms in total. The van der Waals surface area contributed by atoms with Crippen molar-refractivity contribution in [2.75, 3.05) is 0 Å². The molecule has 0 amide bonds. The van der Waals surface area contributed by atoms with E-state index in [2.05, 4.69) is 26.0 Å². The maximum Gasteiger partial charge on any atom is 0.127 e. The van der Waals surface area contributed by atoms with Gasteiger partial charge in [0, 0.05) is 5.41 Å². The second-order valence-corrected chi connectivity index (χ2v) is 10.5. The largest absolute Gasteiger partial charge is 0.462 e. The molecule has 0 aliphatic heterocycles. The standard InChI is InChI=1S/C25H34O3/c1-15-4-6-19(28-15)12-16-13-22-20-7-5-17-14-18(26)8-10-24(17,2)21(20)9-11-25(22,3)23(16)27/h4-6,12,18,20-23,26-27H,7-11,13-14H2,1-3H3/b16-12-. The fraction of sp³-hybridized carbons (Fsp3) is 0.680. The highest BCUT2D eigenvalue weighted by Crippen LogP contribution is 2.65. The molecule has 1 heterocycles. The summed E-state index contributed by atoms with van der Waals surface area (Å²) >= 11 is 0. The maximum absolute atomic E-state index is 11.3. The molecule has 0 bridgehead atoms. The highest BCUT2D eigenvalue weighted by atomic mass is 16.3. The van der Waals surface area contributed by atoms with E-state index in [4.69, 9.17) is 4.42 Å². The number of hydrogen-bond donors (Lipinski definition) is 2. The van der Waals surface area contributed by atoms with Gasteiger partial charge in [0.1, 0.15) is 11.5 Å². The van der Waals surface area contributed by atoms with Gasteiger partial charge in [0.05, 0.1) is 12.2 Å². The van der Waals surface area contributed by atoms with Gasteiger partial charge in [-0.2, -0.15) is 0 Å². The lowest BCUT2D eigenvalue weighted by molar-refractivity contribution is -0.0685. The van der Waals surface area contributed by atoms with Crippen LogP contribution in [0.4, 0.5) is 0 Å². The normalized spacial score (nSPS) is 46.7. The van der Waals surface area contributed by atoms with Gasteiger partial charge in [-0.25, -0.2) is 0 Å². The van der Waals surface area contributed by atoms with E-state index < -0.39 is 0 Å². The lowest BCUT2D eigenvalue weighted by atomic mass is 9.48. The van der Waals surface area contributed by atoms with Crippen molar-refractivity contribution < 1.29 is 14.6 Å². The van der Waals surface area contributed by atoms with Crippen molar-refractivity contribution in [2.45, 2.75) is 77.9 Å². The van der Waals surface area contributed by atoms with Gasteiger partial charge in [-0.15, -0.1) is 0 Å². The summed E-state index contributed by atoms with van der Waals surface area (Å²) in [6, 6.07) is 4.00. The van der Waals surface area contributed by atoms with Crippen LogP contribution < -0.4 is 0 Å². The van der Waals surface area contributed by atoms with E-state index in [-0.39, 0.29) is 23.0 Å². The topological polar surface area (TPSA) is 53.6 Å². The van der Waals surface area contributed by atoms with Crippen LogP contribution in [0.1, 0.15) is 70.3 Å². The maximum atomic E-state index is 11.3. The minimum Gasteiger partial charge on any atom is -0.462 e. The van der Waals surface area contributed by atoms with E-state index >= 15 is 0 Å². The summed E-state index contributed by atoms with van der Waals surface area (Å²) < 4.78 is 5.76. The third-order valence-electron chi connectivity index (χ3n) is 9.04. The minimum atomic E-state index is -0.366. The minimum absolute atomic E-state index is 0.0233. The first kappa shape index (κ1) is 18.7. The molecular weight excluding hydrogens is 348 g/mol. The first-order chi connectivity index (χ1) is 13.3. The van der Waals surface area contributed by atoms with E-state index in [1.807, 2.05) is 19.1 Å². The first-order valence-corrected chi connectivity index (χ1v) is 11.1. The Bertz CT molecular complexity index is 833. The van der Waals surface area contributed by atoms with Gasteiger partial charge >= 0.3 is 0 Å². The zero-order valence-electron chi connectivity index (χ0n) is 17.4. The van der Waals surface area contributed by atoms with Gasteiger partial charge in [-0.05, 0) is 98.8 Å². The van der Waals surface area contributed by atoms with Crippen LogP contribution in [0.5, 0.6) is 0 Å². The molecule has 3 heteroatoms. The number of aryl methyl sites for hydroxylation is 1. The fourth-order valence-corrected chi connectivity index (χ4v) is 7.35. The lowest BCUT2D eigenvalue weighted by Gasteiger charge is -2.57. The molecular formula is C25H34O3. The Labute approximate surface area is 168 Å². The molecule has 1 aromatic heterocycles. The van der Waals surface area contributed by atoms with Crippen LogP contribution in [0.25, 0.3) is 6.08 Å². The Morgan fingerprint density at radius 1 is 1.07 bits per heavy atom. The fourth-order valence-electron chi connectivity index (χ4n) is 7.35. The van der Waals surface area contributed by atoms with Gasteiger partial charge in [0.2, 0.25) is 0 Å². The van der Waals surface area contributed by atoms with E-state index in [9.17, 15) is 10.2 Å². The lowest BCUT2D eigenvalue weighted by Crippen LogP contribution is -2.51. The number of furan rings is 1. The summed E-state index contributed by atoms with van der Waals surface area (Å²) in [5.41, 5.74) is 2.89. The molecule has 7 unspecified atom stereocenters. The Morgan fingerprint density at radius 3 is 2.64 bits per heavy atom. The summed E-state index contributed by atoms with van der Waals surface area (Å²) in [5, 5.41) is 21.4. The van der Waals surface area contributed by atoms with Crippen molar-refractivity contribution in [2.24, 2.45) is 28.6 Å². The Hall–Kier alpha value is -1.32. The number of hydrogen-bond acceptors (Lipinski definition) is 3. The number of fused-ring (bicyclic) bond motifs is 5. The van der Waals surface area contributed by atoms with Gasteiger partial charge in [-0.3, -0.25) is 0 Å². The van der Waals surface area contributed by atoms with Crippen molar-refractivity contribution in [3.05, 3.63) is 40.9 Å². The summed E-state index contributed by atoms with van der Waals surface area (Å²) in [5.74, 6) is 3.65. The molecule has 152 valence electrons. The van der Waals surface area contributed by atoms with E-state index in [1.165, 1.54) is 12.0 Å². The van der Waals surface area contributed by atoms with Crippen molar-refractivity contribution in [1.82, 2.24) is 0 Å². The molecule has 1 aromatic rings. The summed E-state index contributed by atoms with van der Waals surface area (Å²) in [6.07, 6.45) is 11.4. The van der Waals surface area contributed by atoms with Crippen molar-refractivity contribution in [1.29, 1.82) is 0 Å². The number of rotatable bonds is 1. The molecule has 2 N–H and O–H groups in total. The molecule has 4 aliphatic carbocycles. The monoisotopic (exact) mass is 382 g/mol. The van der Waals surface area contributed by atoms with Crippen molar-refractivity contribution in [3.8, 4) is 0 Å². The van der Waals surface area contributed by atoms with E-state index in [0.717, 1.165) is 55.6 Å². The summed E-state index contributed by atoms with van der Waals surface area (Å²) in [7, 11) is 0. The number of aliphatic hydroxyl groups is 2. The predicted octanol–water partition coefficient (Wildman–Crippen LogP) is 5.27.